The van der Waals surface area contributed by atoms with Crippen molar-refractivity contribution in [3.63, 3.8) is 0 Å². The fraction of sp³-hybridized carbons (Fsp3) is 0.436. The zero-order chi connectivity index (χ0) is 37.9. The van der Waals surface area contributed by atoms with E-state index in [4.69, 9.17) is 25.8 Å². The summed E-state index contributed by atoms with van der Waals surface area (Å²) >= 11 is 5.96. The van der Waals surface area contributed by atoms with Gasteiger partial charge in [-0.2, -0.15) is 0 Å². The Bertz CT molecular complexity index is 1700. The molecule has 0 saturated heterocycles. The summed E-state index contributed by atoms with van der Waals surface area (Å²) in [6.45, 7) is 9.56. The van der Waals surface area contributed by atoms with Crippen molar-refractivity contribution < 1.29 is 37.8 Å². The predicted octanol–water partition coefficient (Wildman–Crippen LogP) is 6.14. The van der Waals surface area contributed by atoms with Gasteiger partial charge in [0.05, 0.1) is 24.1 Å². The first kappa shape index (κ1) is 39.9. The van der Waals surface area contributed by atoms with Gasteiger partial charge in [0.2, 0.25) is 17.7 Å². The summed E-state index contributed by atoms with van der Waals surface area (Å²) in [4.78, 5) is 56.4. The summed E-state index contributed by atoms with van der Waals surface area (Å²) in [7, 11) is 1.69. The van der Waals surface area contributed by atoms with Crippen LogP contribution in [0.5, 0.6) is 23.0 Å². The number of carbonyl (C=O) groups is 4. The average Bonchev–Trinajstić information content (AvgIpc) is 3.09. The van der Waals surface area contributed by atoms with Crippen LogP contribution in [0.25, 0.3) is 0 Å². The highest BCUT2D eigenvalue weighted by Crippen LogP contribution is 2.34. The first-order valence-corrected chi connectivity index (χ1v) is 17.8. The molecule has 3 aromatic rings. The zero-order valence-corrected chi connectivity index (χ0v) is 31.2. The van der Waals surface area contributed by atoms with Gasteiger partial charge in [0.1, 0.15) is 36.8 Å². The molecule has 280 valence electrons. The molecule has 3 N–H and O–H groups in total. The summed E-state index contributed by atoms with van der Waals surface area (Å²) in [5.74, 6) is -1.90. The number of rotatable bonds is 11. The quantitative estimate of drug-likeness (QED) is 0.215. The molecule has 1 aliphatic heterocycles. The van der Waals surface area contributed by atoms with E-state index in [9.17, 15) is 23.6 Å². The van der Waals surface area contributed by atoms with Crippen LogP contribution in [0.2, 0.25) is 5.02 Å². The number of fused-ring (bicyclic) bond motifs is 1. The van der Waals surface area contributed by atoms with Gasteiger partial charge in [-0.15, -0.1) is 0 Å². The average molecular weight is 739 g/mol. The van der Waals surface area contributed by atoms with Crippen molar-refractivity contribution in [1.29, 1.82) is 0 Å². The van der Waals surface area contributed by atoms with Gasteiger partial charge in [-0.25, -0.2) is 4.39 Å². The maximum absolute atomic E-state index is 14.9. The molecule has 13 heteroatoms. The standard InChI is InChI=1S/C39H48ClFN4O7/c1-23(2)18-27-22-50-33-12-8-7-10-29(33)37(47)44-31(20-35(46)43-32(19-24(3)4)39(49)45(27)6)38(48)42-25(5)21-51-36-30(41)11-9-13-34(36)52-28-16-14-26(40)15-17-28/h7-17,23-25,27,31-32H,18-22H2,1-6H3,(H,42,48)(H,43,46)(H,44,47)/t25-,27-,31+,32-/m1/s1. The second kappa shape index (κ2) is 18.6. The minimum atomic E-state index is -1.34. The fourth-order valence-electron chi connectivity index (χ4n) is 5.78. The highest BCUT2D eigenvalue weighted by molar-refractivity contribution is 6.30. The topological polar surface area (TPSA) is 135 Å². The van der Waals surface area contributed by atoms with Crippen LogP contribution >= 0.6 is 11.6 Å². The first-order chi connectivity index (χ1) is 24.7. The minimum Gasteiger partial charge on any atom is -0.491 e. The molecule has 52 heavy (non-hydrogen) atoms. The molecule has 0 bridgehead atoms. The van der Waals surface area contributed by atoms with Gasteiger partial charge in [-0.1, -0.05) is 57.5 Å². The van der Waals surface area contributed by atoms with Crippen LogP contribution in [0, 0.1) is 17.7 Å². The SMILES string of the molecule is CC(C)C[C@@H]1COc2ccccc2C(=O)N[C@H](C(=O)N[C@H](C)COc2c(F)cccc2Oc2ccc(Cl)cc2)CC(=O)N[C@H](CC(C)C)C(=O)N1C. The summed E-state index contributed by atoms with van der Waals surface area (Å²) in [6, 6.07) is 14.1. The maximum Gasteiger partial charge on any atom is 0.255 e. The monoisotopic (exact) mass is 738 g/mol. The molecule has 1 aliphatic rings. The van der Waals surface area contributed by atoms with Crippen LogP contribution in [0.4, 0.5) is 4.39 Å². The zero-order valence-electron chi connectivity index (χ0n) is 30.4. The van der Waals surface area contributed by atoms with E-state index in [1.165, 1.54) is 12.1 Å². The van der Waals surface area contributed by atoms with Gasteiger partial charge in [0, 0.05) is 12.1 Å². The molecular weight excluding hydrogens is 691 g/mol. The number of nitrogens with one attached hydrogen (secondary N) is 3. The first-order valence-electron chi connectivity index (χ1n) is 17.5. The lowest BCUT2D eigenvalue weighted by atomic mass is 9.99. The van der Waals surface area contributed by atoms with Crippen molar-refractivity contribution in [1.82, 2.24) is 20.9 Å². The fourth-order valence-corrected chi connectivity index (χ4v) is 5.91. The number of hydrogen-bond acceptors (Lipinski definition) is 7. The van der Waals surface area contributed by atoms with Crippen molar-refractivity contribution in [2.45, 2.75) is 78.0 Å². The van der Waals surface area contributed by atoms with Crippen molar-refractivity contribution >= 4 is 35.2 Å². The lowest BCUT2D eigenvalue weighted by molar-refractivity contribution is -0.138. The summed E-state index contributed by atoms with van der Waals surface area (Å²) in [5.41, 5.74) is 0.164. The van der Waals surface area contributed by atoms with Gasteiger partial charge in [0.25, 0.3) is 5.91 Å². The van der Waals surface area contributed by atoms with E-state index >= 15 is 0 Å². The number of ether oxygens (including phenoxy) is 3. The Labute approximate surface area is 309 Å². The molecule has 0 saturated carbocycles. The Morgan fingerprint density at radius 2 is 1.65 bits per heavy atom. The van der Waals surface area contributed by atoms with E-state index in [0.29, 0.717) is 23.6 Å². The third kappa shape index (κ3) is 11.3. The van der Waals surface area contributed by atoms with Crippen molar-refractivity contribution in [2.75, 3.05) is 20.3 Å². The Kier molecular flexibility index (Phi) is 14.3. The highest BCUT2D eigenvalue weighted by atomic mass is 35.5. The number of hydrogen-bond donors (Lipinski definition) is 3. The maximum atomic E-state index is 14.9. The van der Waals surface area contributed by atoms with Gasteiger partial charge in [0.15, 0.2) is 17.3 Å². The number of likely N-dealkylation sites (N-methyl/N-ethyl adjacent to an activating group) is 1. The molecule has 0 aromatic heterocycles. The Hall–Kier alpha value is -4.84. The van der Waals surface area contributed by atoms with Crippen LogP contribution in [0.1, 0.15) is 64.2 Å². The molecule has 0 aliphatic carbocycles. The number of halogens is 2. The normalized spacial score (nSPS) is 19.2. The Morgan fingerprint density at radius 1 is 0.962 bits per heavy atom. The molecule has 4 atom stereocenters. The largest absolute Gasteiger partial charge is 0.491 e. The molecule has 3 aromatic carbocycles. The molecule has 0 spiro atoms. The number of benzene rings is 3. The van der Waals surface area contributed by atoms with Gasteiger partial charge >= 0.3 is 0 Å². The van der Waals surface area contributed by atoms with Crippen LogP contribution in [0.3, 0.4) is 0 Å². The number of nitrogens with zero attached hydrogens (tertiary/aromatic N) is 1. The van der Waals surface area contributed by atoms with E-state index in [2.05, 4.69) is 16.0 Å². The third-order valence-corrected chi connectivity index (χ3v) is 8.64. The summed E-state index contributed by atoms with van der Waals surface area (Å²) in [5, 5.41) is 8.77. The minimum absolute atomic E-state index is 0.0689. The molecule has 0 fully saturated rings. The lowest BCUT2D eigenvalue weighted by Gasteiger charge is -2.33. The highest BCUT2D eigenvalue weighted by Gasteiger charge is 2.33. The summed E-state index contributed by atoms with van der Waals surface area (Å²) in [6.07, 6.45) is 0.544. The Morgan fingerprint density at radius 3 is 2.35 bits per heavy atom. The lowest BCUT2D eigenvalue weighted by Crippen LogP contribution is -2.55. The van der Waals surface area contributed by atoms with Gasteiger partial charge < -0.3 is 35.1 Å². The predicted molar refractivity (Wildman–Crippen MR) is 196 cm³/mol. The van der Waals surface area contributed by atoms with E-state index in [0.717, 1.165) is 0 Å². The number of para-hydroxylation sites is 2. The molecule has 4 amide bonds. The van der Waals surface area contributed by atoms with Crippen LogP contribution in [0.15, 0.2) is 66.7 Å². The number of amides is 4. The molecule has 4 rings (SSSR count). The van der Waals surface area contributed by atoms with Crippen molar-refractivity contribution in [2.24, 2.45) is 11.8 Å². The molecule has 1 heterocycles. The third-order valence-electron chi connectivity index (χ3n) is 8.39. The van der Waals surface area contributed by atoms with E-state index in [1.54, 1.807) is 73.5 Å². The molecular formula is C39H48ClFN4O7. The smallest absolute Gasteiger partial charge is 0.255 e. The Balaban J connectivity index is 1.55. The van der Waals surface area contributed by atoms with E-state index in [-0.39, 0.29) is 59.8 Å². The van der Waals surface area contributed by atoms with E-state index in [1.807, 2.05) is 27.7 Å². The molecule has 11 nitrogen and oxygen atoms in total. The van der Waals surface area contributed by atoms with Crippen LogP contribution < -0.4 is 30.2 Å². The van der Waals surface area contributed by atoms with Gasteiger partial charge in [-0.05, 0) is 80.1 Å². The van der Waals surface area contributed by atoms with Crippen molar-refractivity contribution in [3.8, 4) is 23.0 Å². The second-order valence-corrected chi connectivity index (χ2v) is 14.3. The summed E-state index contributed by atoms with van der Waals surface area (Å²) < 4.78 is 32.7. The number of carbonyl (C=O) groups excluding carboxylic acids is 4. The van der Waals surface area contributed by atoms with Crippen molar-refractivity contribution in [3.05, 3.63) is 83.1 Å². The second-order valence-electron chi connectivity index (χ2n) is 13.9. The van der Waals surface area contributed by atoms with Crippen LogP contribution in [-0.4, -0.2) is 73.0 Å². The van der Waals surface area contributed by atoms with Crippen LogP contribution in [-0.2, 0) is 14.4 Å². The van der Waals surface area contributed by atoms with Gasteiger partial charge in [-0.3, -0.25) is 19.2 Å². The molecule has 0 radical (unpaired) electrons. The molecule has 0 unspecified atom stereocenters. The van der Waals surface area contributed by atoms with E-state index < -0.39 is 48.1 Å².